The Morgan fingerprint density at radius 1 is 1.16 bits per heavy atom. The highest BCUT2D eigenvalue weighted by Gasteiger charge is 2.47. The second-order valence-corrected chi connectivity index (χ2v) is 10.4. The van der Waals surface area contributed by atoms with Gasteiger partial charge in [-0.1, -0.05) is 0 Å². The highest BCUT2D eigenvalue weighted by molar-refractivity contribution is 7.92. The summed E-state index contributed by atoms with van der Waals surface area (Å²) in [5.74, 6) is 1.03. The van der Waals surface area contributed by atoms with Crippen molar-refractivity contribution >= 4 is 21.6 Å². The summed E-state index contributed by atoms with van der Waals surface area (Å²) in [6.07, 6.45) is 1.05. The highest BCUT2D eigenvalue weighted by Crippen LogP contribution is 2.44. The first-order valence-electron chi connectivity index (χ1n) is 10.6. The molecule has 0 bridgehead atoms. The summed E-state index contributed by atoms with van der Waals surface area (Å²) in [4.78, 5) is 14.4. The van der Waals surface area contributed by atoms with Crippen LogP contribution in [-0.2, 0) is 14.8 Å². The van der Waals surface area contributed by atoms with E-state index in [9.17, 15) is 18.3 Å². The van der Waals surface area contributed by atoms with Crippen molar-refractivity contribution in [3.8, 4) is 11.5 Å². The van der Waals surface area contributed by atoms with E-state index in [1.165, 1.54) is 19.2 Å². The third-order valence-electron chi connectivity index (χ3n) is 6.03. The molecule has 2 N–H and O–H groups in total. The Bertz CT molecular complexity index is 1110. The number of benzene rings is 2. The second-order valence-electron chi connectivity index (χ2n) is 8.67. The Hall–Kier alpha value is -2.78. The fourth-order valence-electron chi connectivity index (χ4n) is 4.24. The molecule has 8 nitrogen and oxygen atoms in total. The van der Waals surface area contributed by atoms with Crippen LogP contribution in [0.3, 0.4) is 0 Å². The number of fused-ring (bicyclic) bond motifs is 1. The van der Waals surface area contributed by atoms with Crippen LogP contribution in [-0.4, -0.2) is 49.7 Å². The zero-order valence-electron chi connectivity index (χ0n) is 18.4. The van der Waals surface area contributed by atoms with E-state index in [4.69, 9.17) is 9.47 Å². The van der Waals surface area contributed by atoms with Gasteiger partial charge < -0.3 is 19.5 Å². The monoisotopic (exact) mass is 460 g/mol. The average molecular weight is 461 g/mol. The molecule has 0 radical (unpaired) electrons. The lowest BCUT2D eigenvalue weighted by Crippen LogP contribution is -2.55. The summed E-state index contributed by atoms with van der Waals surface area (Å²) in [7, 11) is -2.38. The molecular weight excluding hydrogens is 432 g/mol. The predicted octanol–water partition coefficient (Wildman–Crippen LogP) is 3.08. The number of amides is 1. The maximum atomic E-state index is 13.1. The minimum atomic E-state index is -3.91. The summed E-state index contributed by atoms with van der Waals surface area (Å²) >= 11 is 0. The highest BCUT2D eigenvalue weighted by atomic mass is 32.2. The number of carbonyl (C=O) groups is 1. The number of piperidine rings is 1. The third-order valence-corrected chi connectivity index (χ3v) is 7.41. The van der Waals surface area contributed by atoms with Gasteiger partial charge in [0.25, 0.3) is 10.0 Å². The molecule has 4 rings (SSSR count). The van der Waals surface area contributed by atoms with Gasteiger partial charge in [0.15, 0.2) is 0 Å². The molecule has 2 unspecified atom stereocenters. The summed E-state index contributed by atoms with van der Waals surface area (Å²) < 4.78 is 39.8. The van der Waals surface area contributed by atoms with Gasteiger partial charge >= 0.3 is 0 Å². The molecule has 2 aliphatic heterocycles. The standard InChI is InChI=1S/C23H28N2O6S/c1-23(2)22(27)21(25-13-5-4-6-20(25)26)18-14-17(11-12-19(18)31-23)32(28,29)24-15-7-9-16(30-3)10-8-15/h7-12,14,21-22,24,27H,4-6,13H2,1-3H3. The Morgan fingerprint density at radius 2 is 1.88 bits per heavy atom. The smallest absolute Gasteiger partial charge is 0.261 e. The largest absolute Gasteiger partial charge is 0.497 e. The number of ether oxygens (including phenoxy) is 2. The van der Waals surface area contributed by atoms with Crippen molar-refractivity contribution in [3.05, 3.63) is 48.0 Å². The molecule has 0 aliphatic carbocycles. The first-order valence-corrected chi connectivity index (χ1v) is 12.1. The molecule has 0 aromatic heterocycles. The van der Waals surface area contributed by atoms with Crippen LogP contribution >= 0.6 is 0 Å². The van der Waals surface area contributed by atoms with Crippen LogP contribution in [0.15, 0.2) is 47.4 Å². The number of nitrogens with one attached hydrogen (secondary N) is 1. The van der Waals surface area contributed by atoms with E-state index < -0.39 is 27.8 Å². The Kier molecular flexibility index (Phi) is 5.81. The first-order chi connectivity index (χ1) is 15.1. The molecule has 2 aromatic rings. The number of sulfonamides is 1. The lowest BCUT2D eigenvalue weighted by Gasteiger charge is -2.47. The Morgan fingerprint density at radius 3 is 2.53 bits per heavy atom. The van der Waals surface area contributed by atoms with Crippen LogP contribution in [0.4, 0.5) is 5.69 Å². The summed E-state index contributed by atoms with van der Waals surface area (Å²) in [6, 6.07) is 10.4. The van der Waals surface area contributed by atoms with Gasteiger partial charge in [-0.15, -0.1) is 0 Å². The molecule has 0 saturated carbocycles. The second kappa shape index (κ2) is 8.29. The SMILES string of the molecule is COc1ccc(NS(=O)(=O)c2ccc3c(c2)C(N2CCCCC2=O)C(O)C(C)(C)O3)cc1. The molecule has 1 amide bonds. The van der Waals surface area contributed by atoms with Crippen molar-refractivity contribution in [1.29, 1.82) is 0 Å². The minimum Gasteiger partial charge on any atom is -0.497 e. The van der Waals surface area contributed by atoms with E-state index in [2.05, 4.69) is 4.72 Å². The van der Waals surface area contributed by atoms with Crippen LogP contribution in [0.5, 0.6) is 11.5 Å². The zero-order valence-corrected chi connectivity index (χ0v) is 19.2. The van der Waals surface area contributed by atoms with E-state index in [-0.39, 0.29) is 10.8 Å². The number of aliphatic hydroxyl groups excluding tert-OH is 1. The number of carbonyl (C=O) groups excluding carboxylic acids is 1. The van der Waals surface area contributed by atoms with Gasteiger partial charge in [-0.05, 0) is 69.2 Å². The molecule has 9 heteroatoms. The van der Waals surface area contributed by atoms with Gasteiger partial charge in [-0.25, -0.2) is 8.42 Å². The summed E-state index contributed by atoms with van der Waals surface area (Å²) in [6.45, 7) is 4.03. The van der Waals surface area contributed by atoms with Crippen molar-refractivity contribution < 1.29 is 27.8 Å². The van der Waals surface area contributed by atoms with Crippen LogP contribution in [0.2, 0.25) is 0 Å². The number of likely N-dealkylation sites (tertiary alicyclic amines) is 1. The molecule has 1 saturated heterocycles. The summed E-state index contributed by atoms with van der Waals surface area (Å²) in [5.41, 5.74) is -0.0506. The van der Waals surface area contributed by atoms with Crippen molar-refractivity contribution in [1.82, 2.24) is 4.90 Å². The lowest BCUT2D eigenvalue weighted by molar-refractivity contribution is -0.147. The number of aliphatic hydroxyl groups is 1. The van der Waals surface area contributed by atoms with Gasteiger partial charge in [-0.3, -0.25) is 9.52 Å². The molecule has 2 aromatic carbocycles. The number of hydrogen-bond acceptors (Lipinski definition) is 6. The van der Waals surface area contributed by atoms with Gasteiger partial charge in [0.1, 0.15) is 23.2 Å². The lowest BCUT2D eigenvalue weighted by atomic mass is 9.84. The number of hydrogen-bond donors (Lipinski definition) is 2. The molecule has 2 heterocycles. The number of methoxy groups -OCH3 is 1. The van der Waals surface area contributed by atoms with Gasteiger partial charge in [0, 0.05) is 24.2 Å². The molecule has 1 fully saturated rings. The Balaban J connectivity index is 1.72. The van der Waals surface area contributed by atoms with E-state index >= 15 is 0 Å². The maximum Gasteiger partial charge on any atom is 0.261 e. The van der Waals surface area contributed by atoms with E-state index in [1.807, 2.05) is 0 Å². The number of nitrogens with zero attached hydrogens (tertiary/aromatic N) is 1. The van der Waals surface area contributed by atoms with Gasteiger partial charge in [0.2, 0.25) is 5.91 Å². The number of rotatable bonds is 5. The van der Waals surface area contributed by atoms with Crippen molar-refractivity contribution in [2.45, 2.75) is 55.8 Å². The van der Waals surface area contributed by atoms with E-state index in [0.717, 1.165) is 12.8 Å². The first kappa shape index (κ1) is 22.4. The topological polar surface area (TPSA) is 105 Å². The molecule has 32 heavy (non-hydrogen) atoms. The van der Waals surface area contributed by atoms with Crippen LogP contribution < -0.4 is 14.2 Å². The minimum absolute atomic E-state index is 0.0250. The fraction of sp³-hybridized carbons (Fsp3) is 0.435. The maximum absolute atomic E-state index is 13.1. The van der Waals surface area contributed by atoms with Crippen molar-refractivity contribution in [2.24, 2.45) is 0 Å². The van der Waals surface area contributed by atoms with Gasteiger partial charge in [-0.2, -0.15) is 0 Å². The van der Waals surface area contributed by atoms with E-state index in [0.29, 0.717) is 35.7 Å². The van der Waals surface area contributed by atoms with Crippen LogP contribution in [0.1, 0.15) is 44.7 Å². The normalized spacial score (nSPS) is 22.6. The van der Waals surface area contributed by atoms with Crippen molar-refractivity contribution in [2.75, 3.05) is 18.4 Å². The van der Waals surface area contributed by atoms with Crippen LogP contribution in [0, 0.1) is 0 Å². The molecule has 0 spiro atoms. The third kappa shape index (κ3) is 4.14. The summed E-state index contributed by atoms with van der Waals surface area (Å²) in [5, 5.41) is 11.1. The quantitative estimate of drug-likeness (QED) is 0.711. The number of anilines is 1. The zero-order chi connectivity index (χ0) is 23.1. The fourth-order valence-corrected chi connectivity index (χ4v) is 5.34. The molecule has 2 aliphatic rings. The molecule has 172 valence electrons. The average Bonchev–Trinajstić information content (AvgIpc) is 2.75. The van der Waals surface area contributed by atoms with Crippen LogP contribution in [0.25, 0.3) is 0 Å². The molecular formula is C23H28N2O6S. The van der Waals surface area contributed by atoms with Gasteiger partial charge in [0.05, 0.1) is 18.0 Å². The molecule has 2 atom stereocenters. The van der Waals surface area contributed by atoms with Crippen molar-refractivity contribution in [3.63, 3.8) is 0 Å². The predicted molar refractivity (Wildman–Crippen MR) is 119 cm³/mol. The Labute approximate surface area is 188 Å². The van der Waals surface area contributed by atoms with E-state index in [1.54, 1.807) is 49.1 Å².